The second kappa shape index (κ2) is 5.81. The van der Waals surface area contributed by atoms with E-state index >= 15 is 0 Å². The lowest BCUT2D eigenvalue weighted by Gasteiger charge is -2.16. The Balaban J connectivity index is 2.91. The summed E-state index contributed by atoms with van der Waals surface area (Å²) in [5, 5.41) is 9.25. The molecule has 1 N–H and O–H groups in total. The van der Waals surface area contributed by atoms with E-state index in [1.165, 1.54) is 11.4 Å². The summed E-state index contributed by atoms with van der Waals surface area (Å²) in [4.78, 5) is 4.07. The molecule has 0 fully saturated rings. The second-order valence-corrected chi connectivity index (χ2v) is 6.37. The first kappa shape index (κ1) is 15.1. The molecule has 0 spiro atoms. The molecule has 0 radical (unpaired) electrons. The van der Waals surface area contributed by atoms with Gasteiger partial charge in [0.05, 0.1) is 6.10 Å². The third kappa shape index (κ3) is 3.30. The van der Waals surface area contributed by atoms with E-state index < -0.39 is 16.1 Å². The van der Waals surface area contributed by atoms with Crippen LogP contribution in [0.2, 0.25) is 0 Å². The third-order valence-corrected chi connectivity index (χ3v) is 4.56. The Morgan fingerprint density at radius 1 is 1.56 bits per heavy atom. The minimum Gasteiger partial charge on any atom is -0.393 e. The molecular formula is C11H21N3O3S. The van der Waals surface area contributed by atoms with Gasteiger partial charge in [0.15, 0.2) is 5.03 Å². The highest BCUT2D eigenvalue weighted by atomic mass is 32.2. The monoisotopic (exact) mass is 275 g/mol. The number of aromatic nitrogens is 2. The van der Waals surface area contributed by atoms with Gasteiger partial charge in [-0.3, -0.25) is 0 Å². The lowest BCUT2D eigenvalue weighted by molar-refractivity contribution is 0.177. The molecule has 0 bridgehead atoms. The van der Waals surface area contributed by atoms with Gasteiger partial charge in [-0.25, -0.2) is 13.4 Å². The van der Waals surface area contributed by atoms with Crippen LogP contribution in [-0.2, 0) is 16.6 Å². The van der Waals surface area contributed by atoms with Crippen LogP contribution in [0.4, 0.5) is 0 Å². The van der Waals surface area contributed by atoms with E-state index in [0.29, 0.717) is 18.8 Å². The van der Waals surface area contributed by atoms with Crippen molar-refractivity contribution < 1.29 is 13.5 Å². The van der Waals surface area contributed by atoms with Gasteiger partial charge in [0, 0.05) is 26.3 Å². The molecule has 6 nitrogen and oxygen atoms in total. The van der Waals surface area contributed by atoms with Crippen LogP contribution in [0.1, 0.15) is 26.1 Å². The van der Waals surface area contributed by atoms with Crippen LogP contribution in [0.5, 0.6) is 0 Å². The van der Waals surface area contributed by atoms with Crippen molar-refractivity contribution in [3.63, 3.8) is 0 Å². The molecule has 1 aromatic heterocycles. The van der Waals surface area contributed by atoms with E-state index in [9.17, 15) is 13.5 Å². The Hall–Kier alpha value is -0.920. The summed E-state index contributed by atoms with van der Waals surface area (Å²) in [7, 11) is -2.06. The fourth-order valence-electron chi connectivity index (χ4n) is 1.57. The summed E-state index contributed by atoms with van der Waals surface area (Å²) in [5.74, 6) is 0.681. The number of imidazole rings is 1. The predicted molar refractivity (Wildman–Crippen MR) is 68.8 cm³/mol. The highest BCUT2D eigenvalue weighted by Crippen LogP contribution is 2.14. The zero-order chi connectivity index (χ0) is 13.9. The van der Waals surface area contributed by atoms with Crippen molar-refractivity contribution in [2.75, 3.05) is 13.6 Å². The molecule has 0 saturated carbocycles. The van der Waals surface area contributed by atoms with Crippen LogP contribution in [0, 0.1) is 6.92 Å². The number of nitrogens with zero attached hydrogens (tertiary/aromatic N) is 3. The number of aryl methyl sites for hydroxylation is 2. The first-order valence-electron chi connectivity index (χ1n) is 5.97. The lowest BCUT2D eigenvalue weighted by atomic mass is 10.3. The smallest absolute Gasteiger partial charge is 0.261 e. The van der Waals surface area contributed by atoms with Gasteiger partial charge < -0.3 is 9.67 Å². The van der Waals surface area contributed by atoms with E-state index in [2.05, 4.69) is 4.98 Å². The minimum absolute atomic E-state index is 0.0648. The zero-order valence-corrected chi connectivity index (χ0v) is 12.1. The summed E-state index contributed by atoms with van der Waals surface area (Å²) in [6.45, 7) is 6.31. The van der Waals surface area contributed by atoms with Crippen LogP contribution < -0.4 is 0 Å². The third-order valence-electron chi connectivity index (χ3n) is 2.83. The van der Waals surface area contributed by atoms with E-state index in [0.717, 1.165) is 0 Å². The molecule has 0 aliphatic carbocycles. The summed E-state index contributed by atoms with van der Waals surface area (Å²) < 4.78 is 27.4. The van der Waals surface area contributed by atoms with E-state index in [4.69, 9.17) is 0 Å². The van der Waals surface area contributed by atoms with Crippen molar-refractivity contribution in [1.29, 1.82) is 0 Å². The van der Waals surface area contributed by atoms with Gasteiger partial charge in [0.2, 0.25) is 0 Å². The highest BCUT2D eigenvalue weighted by Gasteiger charge is 2.24. The second-order valence-electron chi connectivity index (χ2n) is 4.38. The SMILES string of the molecule is CCn1cc(S(=O)(=O)N(C)CCC(C)O)nc1C. The molecule has 104 valence electrons. The lowest BCUT2D eigenvalue weighted by Crippen LogP contribution is -2.29. The summed E-state index contributed by atoms with van der Waals surface area (Å²) in [6, 6.07) is 0. The Labute approximate surface area is 108 Å². The Morgan fingerprint density at radius 3 is 2.61 bits per heavy atom. The summed E-state index contributed by atoms with van der Waals surface area (Å²) >= 11 is 0. The molecule has 1 heterocycles. The molecule has 0 saturated heterocycles. The van der Waals surface area contributed by atoms with Gasteiger partial charge in [-0.05, 0) is 27.2 Å². The maximum absolute atomic E-state index is 12.2. The van der Waals surface area contributed by atoms with Gasteiger partial charge in [0.1, 0.15) is 5.82 Å². The predicted octanol–water partition coefficient (Wildman–Crippen LogP) is 0.603. The maximum atomic E-state index is 12.2. The van der Waals surface area contributed by atoms with Crippen molar-refractivity contribution in [2.24, 2.45) is 0 Å². The number of sulfonamides is 1. The zero-order valence-electron chi connectivity index (χ0n) is 11.3. The quantitative estimate of drug-likeness (QED) is 0.825. The first-order chi connectivity index (χ1) is 8.28. The Kier molecular flexibility index (Phi) is 4.89. The van der Waals surface area contributed by atoms with E-state index in [1.807, 2.05) is 6.92 Å². The fraction of sp³-hybridized carbons (Fsp3) is 0.727. The molecule has 0 aromatic carbocycles. The normalized spacial score (nSPS) is 14.1. The number of aliphatic hydroxyl groups excluding tert-OH is 1. The van der Waals surface area contributed by atoms with Gasteiger partial charge in [-0.2, -0.15) is 4.31 Å². The first-order valence-corrected chi connectivity index (χ1v) is 7.41. The molecule has 1 unspecified atom stereocenters. The van der Waals surface area contributed by atoms with E-state index in [1.54, 1.807) is 24.6 Å². The molecule has 0 amide bonds. The Bertz CT molecular complexity index is 494. The van der Waals surface area contributed by atoms with E-state index in [-0.39, 0.29) is 11.6 Å². The van der Waals surface area contributed by atoms with Gasteiger partial charge in [0.25, 0.3) is 10.0 Å². The Morgan fingerprint density at radius 2 is 2.17 bits per heavy atom. The molecule has 1 atom stereocenters. The van der Waals surface area contributed by atoms with Crippen LogP contribution in [0.25, 0.3) is 0 Å². The average Bonchev–Trinajstić information content (AvgIpc) is 2.67. The van der Waals surface area contributed by atoms with Crippen LogP contribution in [-0.4, -0.2) is 47.1 Å². The van der Waals surface area contributed by atoms with Crippen LogP contribution in [0.3, 0.4) is 0 Å². The van der Waals surface area contributed by atoms with Crippen molar-refractivity contribution >= 4 is 10.0 Å². The number of hydrogen-bond acceptors (Lipinski definition) is 4. The van der Waals surface area contributed by atoms with Gasteiger partial charge >= 0.3 is 0 Å². The molecule has 1 rings (SSSR count). The standard InChI is InChI=1S/C11H21N3O3S/c1-5-14-8-11(12-10(14)3)18(16,17)13(4)7-6-9(2)15/h8-9,15H,5-7H2,1-4H3. The molecule has 18 heavy (non-hydrogen) atoms. The van der Waals surface area contributed by atoms with Crippen LogP contribution >= 0.6 is 0 Å². The average molecular weight is 275 g/mol. The van der Waals surface area contributed by atoms with Crippen molar-refractivity contribution in [3.8, 4) is 0 Å². The highest BCUT2D eigenvalue weighted by molar-refractivity contribution is 7.89. The summed E-state index contributed by atoms with van der Waals surface area (Å²) in [6.07, 6.45) is 1.44. The number of rotatable bonds is 6. The van der Waals surface area contributed by atoms with Gasteiger partial charge in [-0.1, -0.05) is 0 Å². The van der Waals surface area contributed by atoms with Crippen molar-refractivity contribution in [1.82, 2.24) is 13.9 Å². The van der Waals surface area contributed by atoms with Crippen LogP contribution in [0.15, 0.2) is 11.2 Å². The maximum Gasteiger partial charge on any atom is 0.261 e. The molecule has 0 aliphatic heterocycles. The fourth-order valence-corrected chi connectivity index (χ4v) is 2.75. The molecule has 1 aromatic rings. The topological polar surface area (TPSA) is 75.4 Å². The number of aliphatic hydroxyl groups is 1. The number of hydrogen-bond donors (Lipinski definition) is 1. The molecule has 0 aliphatic rings. The molecular weight excluding hydrogens is 254 g/mol. The summed E-state index contributed by atoms with van der Waals surface area (Å²) in [5.41, 5.74) is 0. The largest absolute Gasteiger partial charge is 0.393 e. The molecule has 7 heteroatoms. The van der Waals surface area contributed by atoms with Crippen molar-refractivity contribution in [2.45, 2.75) is 44.9 Å². The van der Waals surface area contributed by atoms with Crippen molar-refractivity contribution in [3.05, 3.63) is 12.0 Å². The minimum atomic E-state index is -3.56. The van der Waals surface area contributed by atoms with Gasteiger partial charge in [-0.15, -0.1) is 0 Å².